The summed E-state index contributed by atoms with van der Waals surface area (Å²) >= 11 is 0. The first-order valence-electron chi connectivity index (χ1n) is 6.61. The number of hydrogen-bond donors (Lipinski definition) is 1. The number of aliphatic hydroxyl groups excluding tert-OH is 1. The van der Waals surface area contributed by atoms with E-state index in [2.05, 4.69) is 9.97 Å². The summed E-state index contributed by atoms with van der Waals surface area (Å²) < 4.78 is 5.82. The highest BCUT2D eigenvalue weighted by Gasteiger charge is 2.07. The quantitative estimate of drug-likeness (QED) is 0.794. The number of ether oxygens (including phenoxy) is 1. The van der Waals surface area contributed by atoms with Crippen molar-refractivity contribution in [1.29, 1.82) is 0 Å². The van der Waals surface area contributed by atoms with Gasteiger partial charge in [-0.2, -0.15) is 0 Å². The number of aliphatic hydroxyl groups is 1. The molecular formula is C17H14N2O2. The van der Waals surface area contributed by atoms with Gasteiger partial charge in [0.1, 0.15) is 5.75 Å². The van der Waals surface area contributed by atoms with E-state index < -0.39 is 0 Å². The zero-order chi connectivity index (χ0) is 14.5. The molecule has 0 unspecified atom stereocenters. The molecule has 4 nitrogen and oxygen atoms in total. The van der Waals surface area contributed by atoms with E-state index in [1.54, 1.807) is 0 Å². The molecule has 3 aromatic rings. The van der Waals surface area contributed by atoms with Gasteiger partial charge >= 0.3 is 0 Å². The van der Waals surface area contributed by atoms with Crippen LogP contribution in [-0.4, -0.2) is 15.1 Å². The molecule has 0 fully saturated rings. The zero-order valence-corrected chi connectivity index (χ0v) is 11.3. The summed E-state index contributed by atoms with van der Waals surface area (Å²) in [6.07, 6.45) is 3.04. The zero-order valence-electron chi connectivity index (χ0n) is 11.3. The van der Waals surface area contributed by atoms with E-state index in [4.69, 9.17) is 9.84 Å². The van der Waals surface area contributed by atoms with Gasteiger partial charge in [-0.15, -0.1) is 0 Å². The van der Waals surface area contributed by atoms with Gasteiger partial charge in [-0.3, -0.25) is 4.98 Å². The lowest BCUT2D eigenvalue weighted by molar-refractivity contribution is 0.274. The largest absolute Gasteiger partial charge is 0.437 e. The monoisotopic (exact) mass is 278 g/mol. The molecule has 0 saturated heterocycles. The Bertz CT molecular complexity index is 730. The first-order valence-corrected chi connectivity index (χ1v) is 6.61. The minimum atomic E-state index is -0.162. The van der Waals surface area contributed by atoms with Crippen molar-refractivity contribution in [1.82, 2.24) is 9.97 Å². The predicted molar refractivity (Wildman–Crippen MR) is 79.9 cm³/mol. The third-order valence-electron chi connectivity index (χ3n) is 3.01. The topological polar surface area (TPSA) is 55.2 Å². The average molecular weight is 278 g/mol. The van der Waals surface area contributed by atoms with Crippen molar-refractivity contribution >= 4 is 0 Å². The van der Waals surface area contributed by atoms with E-state index in [0.29, 0.717) is 17.3 Å². The molecule has 2 aromatic carbocycles. The van der Waals surface area contributed by atoms with Crippen LogP contribution in [0.5, 0.6) is 11.6 Å². The van der Waals surface area contributed by atoms with Crippen LogP contribution in [0.4, 0.5) is 0 Å². The van der Waals surface area contributed by atoms with Gasteiger partial charge in [-0.1, -0.05) is 48.5 Å². The second-order valence-corrected chi connectivity index (χ2v) is 4.47. The van der Waals surface area contributed by atoms with Crippen molar-refractivity contribution in [3.63, 3.8) is 0 Å². The molecule has 104 valence electrons. The Kier molecular flexibility index (Phi) is 3.89. The molecule has 1 heterocycles. The summed E-state index contributed by atoms with van der Waals surface area (Å²) in [7, 11) is 0. The molecule has 1 aromatic heterocycles. The van der Waals surface area contributed by atoms with Gasteiger partial charge in [0, 0.05) is 5.56 Å². The molecule has 0 saturated carbocycles. The highest BCUT2D eigenvalue weighted by Crippen LogP contribution is 2.32. The van der Waals surface area contributed by atoms with E-state index in [9.17, 15) is 0 Å². The van der Waals surface area contributed by atoms with Gasteiger partial charge in [-0.25, -0.2) is 4.98 Å². The summed E-state index contributed by atoms with van der Waals surface area (Å²) in [4.78, 5) is 8.19. The Labute approximate surface area is 122 Å². The van der Waals surface area contributed by atoms with Crippen molar-refractivity contribution in [2.45, 2.75) is 6.61 Å². The Balaban J connectivity index is 1.96. The minimum absolute atomic E-state index is 0.162. The summed E-state index contributed by atoms with van der Waals surface area (Å²) in [6, 6.07) is 17.7. The van der Waals surface area contributed by atoms with Crippen molar-refractivity contribution in [2.75, 3.05) is 0 Å². The lowest BCUT2D eigenvalue weighted by Crippen LogP contribution is -1.95. The van der Waals surface area contributed by atoms with Crippen molar-refractivity contribution in [3.8, 4) is 22.8 Å². The molecule has 0 aliphatic heterocycles. The van der Waals surface area contributed by atoms with E-state index in [-0.39, 0.29) is 6.61 Å². The lowest BCUT2D eigenvalue weighted by Gasteiger charge is -2.10. The molecule has 3 rings (SSSR count). The molecule has 0 spiro atoms. The number of para-hydroxylation sites is 1. The van der Waals surface area contributed by atoms with E-state index >= 15 is 0 Å². The Morgan fingerprint density at radius 1 is 0.905 bits per heavy atom. The highest BCUT2D eigenvalue weighted by atomic mass is 16.5. The SMILES string of the molecule is OCc1cncc(Oc2ccccc2-c2ccccc2)n1. The van der Waals surface area contributed by atoms with E-state index in [1.165, 1.54) is 12.4 Å². The molecule has 0 aliphatic rings. The van der Waals surface area contributed by atoms with Crippen molar-refractivity contribution in [3.05, 3.63) is 72.7 Å². The predicted octanol–water partition coefficient (Wildman–Crippen LogP) is 3.43. The average Bonchev–Trinajstić information content (AvgIpc) is 2.56. The number of benzene rings is 2. The third kappa shape index (κ3) is 3.07. The second kappa shape index (κ2) is 6.15. The van der Waals surface area contributed by atoms with Gasteiger partial charge in [-0.05, 0) is 11.6 Å². The maximum atomic E-state index is 9.10. The second-order valence-electron chi connectivity index (χ2n) is 4.47. The van der Waals surface area contributed by atoms with Crippen LogP contribution in [0.25, 0.3) is 11.1 Å². The van der Waals surface area contributed by atoms with Crippen LogP contribution in [0, 0.1) is 0 Å². The Morgan fingerprint density at radius 3 is 2.48 bits per heavy atom. The molecule has 0 bridgehead atoms. The standard InChI is InChI=1S/C17H14N2O2/c20-12-14-10-18-11-17(19-14)21-16-9-5-4-8-15(16)13-6-2-1-3-7-13/h1-11,20H,12H2. The molecule has 0 atom stereocenters. The molecule has 0 aliphatic carbocycles. The Hall–Kier alpha value is -2.72. The molecular weight excluding hydrogens is 264 g/mol. The summed E-state index contributed by atoms with van der Waals surface area (Å²) in [6.45, 7) is -0.162. The van der Waals surface area contributed by atoms with Gasteiger partial charge in [0.25, 0.3) is 0 Å². The van der Waals surface area contributed by atoms with E-state index in [1.807, 2.05) is 54.6 Å². The fourth-order valence-electron chi connectivity index (χ4n) is 2.04. The molecule has 0 amide bonds. The maximum Gasteiger partial charge on any atom is 0.238 e. The highest BCUT2D eigenvalue weighted by molar-refractivity contribution is 5.70. The van der Waals surface area contributed by atoms with Gasteiger partial charge in [0.05, 0.1) is 24.7 Å². The normalized spacial score (nSPS) is 10.3. The summed E-state index contributed by atoms with van der Waals surface area (Å²) in [5, 5.41) is 9.10. The number of rotatable bonds is 4. The van der Waals surface area contributed by atoms with Crippen LogP contribution < -0.4 is 4.74 Å². The van der Waals surface area contributed by atoms with Crippen LogP contribution >= 0.6 is 0 Å². The summed E-state index contributed by atoms with van der Waals surface area (Å²) in [5.41, 5.74) is 2.53. The minimum Gasteiger partial charge on any atom is -0.437 e. The van der Waals surface area contributed by atoms with Gasteiger partial charge in [0.15, 0.2) is 0 Å². The smallest absolute Gasteiger partial charge is 0.238 e. The Morgan fingerprint density at radius 2 is 1.67 bits per heavy atom. The molecule has 1 N–H and O–H groups in total. The first-order chi connectivity index (χ1) is 10.4. The van der Waals surface area contributed by atoms with Crippen LogP contribution in [0.3, 0.4) is 0 Å². The molecule has 0 radical (unpaired) electrons. The summed E-state index contributed by atoms with van der Waals surface area (Å²) in [5.74, 6) is 1.07. The maximum absolute atomic E-state index is 9.10. The fraction of sp³-hybridized carbons (Fsp3) is 0.0588. The van der Waals surface area contributed by atoms with Crippen LogP contribution in [0.2, 0.25) is 0 Å². The van der Waals surface area contributed by atoms with Crippen molar-refractivity contribution in [2.24, 2.45) is 0 Å². The lowest BCUT2D eigenvalue weighted by atomic mass is 10.1. The third-order valence-corrected chi connectivity index (χ3v) is 3.01. The fourth-order valence-corrected chi connectivity index (χ4v) is 2.04. The molecule has 4 heteroatoms. The van der Waals surface area contributed by atoms with E-state index in [0.717, 1.165) is 11.1 Å². The number of nitrogens with zero attached hydrogens (tertiary/aromatic N) is 2. The number of hydrogen-bond acceptors (Lipinski definition) is 4. The van der Waals surface area contributed by atoms with Gasteiger partial charge in [0.2, 0.25) is 5.88 Å². The molecule has 21 heavy (non-hydrogen) atoms. The van der Waals surface area contributed by atoms with Crippen LogP contribution in [0.1, 0.15) is 5.69 Å². The van der Waals surface area contributed by atoms with Gasteiger partial charge < -0.3 is 9.84 Å². The van der Waals surface area contributed by atoms with Crippen molar-refractivity contribution < 1.29 is 9.84 Å². The van der Waals surface area contributed by atoms with Crippen LogP contribution in [-0.2, 0) is 6.61 Å². The first kappa shape index (κ1) is 13.3. The number of aromatic nitrogens is 2. The van der Waals surface area contributed by atoms with Crippen LogP contribution in [0.15, 0.2) is 67.0 Å².